The number of carbonyl (C=O) groups is 2. The summed E-state index contributed by atoms with van der Waals surface area (Å²) in [5.74, 6) is -1.14. The van der Waals surface area contributed by atoms with Crippen LogP contribution in [0, 0.1) is 5.92 Å². The number of rotatable bonds is 20. The summed E-state index contributed by atoms with van der Waals surface area (Å²) in [4.78, 5) is 25.1. The van der Waals surface area contributed by atoms with Gasteiger partial charge in [0.2, 0.25) is 0 Å². The summed E-state index contributed by atoms with van der Waals surface area (Å²) < 4.78 is 10.9. The van der Waals surface area contributed by atoms with Gasteiger partial charge < -0.3 is 14.6 Å². The van der Waals surface area contributed by atoms with Crippen LogP contribution >= 0.6 is 0 Å². The van der Waals surface area contributed by atoms with Gasteiger partial charge in [0.15, 0.2) is 0 Å². The monoisotopic (exact) mass is 584 g/mol. The normalized spacial score (nSPS) is 13.1. The number of hydrogen-bond donors (Lipinski definition) is 1. The molecule has 0 heterocycles. The lowest BCUT2D eigenvalue weighted by Gasteiger charge is -2.26. The number of aliphatic hydroxyl groups is 1. The minimum Gasteiger partial charge on any atom is -0.465 e. The van der Waals surface area contributed by atoms with E-state index >= 15 is 0 Å². The van der Waals surface area contributed by atoms with Gasteiger partial charge >= 0.3 is 11.9 Å². The molecule has 1 aromatic carbocycles. The molecule has 0 amide bonds. The van der Waals surface area contributed by atoms with Gasteiger partial charge in [-0.2, -0.15) is 0 Å². The third kappa shape index (κ3) is 16.9. The molecule has 1 N–H and O–H groups in total. The highest BCUT2D eigenvalue weighted by Gasteiger charge is 2.23. The van der Waals surface area contributed by atoms with Crippen LogP contribution < -0.4 is 0 Å². The largest absolute Gasteiger partial charge is 0.465 e. The van der Waals surface area contributed by atoms with Crippen molar-refractivity contribution < 1.29 is 24.2 Å². The number of unbranched alkanes of at least 4 members (excludes halogenated alkanes) is 8. The molecule has 0 aliphatic carbocycles. The second kappa shape index (κ2) is 20.5. The van der Waals surface area contributed by atoms with E-state index in [0.717, 1.165) is 43.2 Å². The van der Waals surface area contributed by atoms with E-state index < -0.39 is 11.9 Å². The predicted molar refractivity (Wildman–Crippen MR) is 175 cm³/mol. The van der Waals surface area contributed by atoms with Gasteiger partial charge in [0, 0.05) is 6.42 Å². The molecule has 0 aliphatic heterocycles. The Kier molecular flexibility index (Phi) is 18.4. The maximum atomic E-state index is 12.9. The molecule has 42 heavy (non-hydrogen) atoms. The van der Waals surface area contributed by atoms with Crippen LogP contribution in [0.5, 0.6) is 0 Å². The fourth-order valence-corrected chi connectivity index (χ4v) is 4.41. The summed E-state index contributed by atoms with van der Waals surface area (Å²) in [6.07, 6.45) is 21.9. The maximum Gasteiger partial charge on any atom is 0.338 e. The van der Waals surface area contributed by atoms with E-state index in [2.05, 4.69) is 78.8 Å². The minimum absolute atomic E-state index is 0.00307. The first kappa shape index (κ1) is 37.6. The van der Waals surface area contributed by atoms with Crippen LogP contribution in [0.25, 0.3) is 0 Å². The van der Waals surface area contributed by atoms with E-state index in [0.29, 0.717) is 12.0 Å². The topological polar surface area (TPSA) is 72.8 Å². The third-order valence-corrected chi connectivity index (χ3v) is 7.42. The highest BCUT2D eigenvalue weighted by atomic mass is 16.5. The van der Waals surface area contributed by atoms with Crippen molar-refractivity contribution in [3.63, 3.8) is 0 Å². The molecule has 0 bridgehead atoms. The summed E-state index contributed by atoms with van der Waals surface area (Å²) in [6.45, 7) is 14.8. The van der Waals surface area contributed by atoms with Crippen LogP contribution in [0.1, 0.15) is 147 Å². The van der Waals surface area contributed by atoms with Gasteiger partial charge in [-0.25, -0.2) is 4.79 Å². The van der Waals surface area contributed by atoms with Crippen LogP contribution in [0.4, 0.5) is 0 Å². The first-order chi connectivity index (χ1) is 19.9. The summed E-state index contributed by atoms with van der Waals surface area (Å²) in [7, 11) is 0. The number of carbonyl (C=O) groups excluding carboxylic acids is 2. The first-order valence-electron chi connectivity index (χ1n) is 16.3. The van der Waals surface area contributed by atoms with Crippen LogP contribution in [0.15, 0.2) is 42.5 Å². The number of hydrogen-bond acceptors (Lipinski definition) is 5. The van der Waals surface area contributed by atoms with Gasteiger partial charge in [-0.1, -0.05) is 111 Å². The summed E-state index contributed by atoms with van der Waals surface area (Å²) >= 11 is 0. The van der Waals surface area contributed by atoms with Crippen molar-refractivity contribution in [2.45, 2.75) is 136 Å². The van der Waals surface area contributed by atoms with Crippen LogP contribution in [-0.2, 0) is 25.1 Å². The van der Waals surface area contributed by atoms with E-state index in [4.69, 9.17) is 9.47 Å². The van der Waals surface area contributed by atoms with Gasteiger partial charge in [0.05, 0.1) is 31.3 Å². The zero-order valence-electron chi connectivity index (χ0n) is 27.8. The van der Waals surface area contributed by atoms with E-state index in [1.54, 1.807) is 0 Å². The van der Waals surface area contributed by atoms with Crippen molar-refractivity contribution in [2.24, 2.45) is 5.92 Å². The van der Waals surface area contributed by atoms with Gasteiger partial charge in [0.1, 0.15) is 0 Å². The van der Waals surface area contributed by atoms with Crippen molar-refractivity contribution in [3.8, 4) is 0 Å². The Hall–Kier alpha value is -2.40. The second-order valence-corrected chi connectivity index (χ2v) is 13.6. The molecule has 0 aromatic heterocycles. The zero-order chi connectivity index (χ0) is 31.4. The smallest absolute Gasteiger partial charge is 0.338 e. The van der Waals surface area contributed by atoms with Gasteiger partial charge in [-0.15, -0.1) is 0 Å². The molecule has 5 nitrogen and oxygen atoms in total. The molecule has 238 valence electrons. The summed E-state index contributed by atoms with van der Waals surface area (Å²) in [5.41, 5.74) is 2.42. The Morgan fingerprint density at radius 3 is 1.81 bits per heavy atom. The van der Waals surface area contributed by atoms with Crippen molar-refractivity contribution in [2.75, 3.05) is 19.8 Å². The molecule has 0 radical (unpaired) electrons. The molecule has 0 saturated heterocycles. The Morgan fingerprint density at radius 2 is 1.26 bits per heavy atom. The molecule has 1 unspecified atom stereocenters. The lowest BCUT2D eigenvalue weighted by Crippen LogP contribution is -2.24. The molecule has 1 atom stereocenters. The van der Waals surface area contributed by atoms with Gasteiger partial charge in [-0.3, -0.25) is 4.79 Å². The third-order valence-electron chi connectivity index (χ3n) is 7.42. The van der Waals surface area contributed by atoms with Crippen molar-refractivity contribution >= 4 is 11.9 Å². The second-order valence-electron chi connectivity index (χ2n) is 13.6. The number of ether oxygens (including phenoxy) is 2. The van der Waals surface area contributed by atoms with E-state index in [-0.39, 0.29) is 36.6 Å². The maximum absolute atomic E-state index is 12.9. The standard InChI is InChI=1S/C37H60O5/c1-8-9-10-11-12-13-14-15-16-17-18-19-20-21-22-23-34(39)41-28-30(27-38)29-42-35(40)31-24-32(36(2,3)4)26-33(25-31)37(5,6)7/h12-13,15-16,24-26,30,38H,8-11,14,17-23,27-29H2,1-7H3/b13-12-,16-15-. The SMILES string of the molecule is CCCCC/C=C\C/C=C\CCCCCCCC(=O)OCC(CO)COC(=O)c1cc(C(C)(C)C)cc(C(C)(C)C)c1. The van der Waals surface area contributed by atoms with Crippen molar-refractivity contribution in [1.29, 1.82) is 0 Å². The molecule has 0 spiro atoms. The number of aliphatic hydroxyl groups excluding tert-OH is 1. The summed E-state index contributed by atoms with van der Waals surface area (Å²) in [6, 6.07) is 5.93. The minimum atomic E-state index is -0.449. The number of allylic oxidation sites excluding steroid dienone is 4. The van der Waals surface area contributed by atoms with Crippen LogP contribution in [0.3, 0.4) is 0 Å². The average Bonchev–Trinajstić information content (AvgIpc) is 2.93. The fourth-order valence-electron chi connectivity index (χ4n) is 4.41. The molecule has 1 aromatic rings. The Balaban J connectivity index is 2.29. The number of esters is 2. The Morgan fingerprint density at radius 1 is 0.738 bits per heavy atom. The van der Waals surface area contributed by atoms with Gasteiger partial charge in [0.25, 0.3) is 0 Å². The first-order valence-corrected chi connectivity index (χ1v) is 16.3. The predicted octanol–water partition coefficient (Wildman–Crippen LogP) is 9.40. The molecule has 5 heteroatoms. The Labute approximate surface area is 257 Å². The van der Waals surface area contributed by atoms with Crippen LogP contribution in [-0.4, -0.2) is 36.9 Å². The zero-order valence-corrected chi connectivity index (χ0v) is 27.8. The van der Waals surface area contributed by atoms with E-state index in [1.165, 1.54) is 38.5 Å². The fraction of sp³-hybridized carbons (Fsp3) is 0.676. The van der Waals surface area contributed by atoms with E-state index in [1.807, 2.05) is 12.1 Å². The van der Waals surface area contributed by atoms with Gasteiger partial charge in [-0.05, 0) is 72.6 Å². The molecule has 0 saturated carbocycles. The van der Waals surface area contributed by atoms with E-state index in [9.17, 15) is 14.7 Å². The summed E-state index contributed by atoms with van der Waals surface area (Å²) in [5, 5.41) is 9.75. The number of benzene rings is 1. The highest BCUT2D eigenvalue weighted by Crippen LogP contribution is 2.30. The lowest BCUT2D eigenvalue weighted by molar-refractivity contribution is -0.146. The quantitative estimate of drug-likeness (QED) is 0.0939. The van der Waals surface area contributed by atoms with Crippen molar-refractivity contribution in [3.05, 3.63) is 59.2 Å². The van der Waals surface area contributed by atoms with Crippen LogP contribution in [0.2, 0.25) is 0 Å². The Bertz CT molecular complexity index is 929. The molecule has 0 fully saturated rings. The average molecular weight is 585 g/mol. The molecular formula is C37H60O5. The lowest BCUT2D eigenvalue weighted by atomic mass is 9.79. The highest BCUT2D eigenvalue weighted by molar-refractivity contribution is 5.90. The van der Waals surface area contributed by atoms with Crippen molar-refractivity contribution in [1.82, 2.24) is 0 Å². The molecular weight excluding hydrogens is 524 g/mol. The molecule has 1 rings (SSSR count). The molecule has 0 aliphatic rings.